The minimum Gasteiger partial charge on any atom is -0.481 e. The number of ether oxygens (including phenoxy) is 1. The molecule has 2 fully saturated rings. The normalized spacial score (nSPS) is 17.0. The van der Waals surface area contributed by atoms with Crippen LogP contribution in [0.1, 0.15) is 23.2 Å². The third-order valence-corrected chi connectivity index (χ3v) is 4.72. The first-order valence-corrected chi connectivity index (χ1v) is 9.33. The number of hydrogen-bond donors (Lipinski definition) is 3. The van der Waals surface area contributed by atoms with Gasteiger partial charge in [-0.25, -0.2) is 9.78 Å². The Balaban J connectivity index is 1.39. The molecule has 3 N–H and O–H groups in total. The van der Waals surface area contributed by atoms with Crippen molar-refractivity contribution in [2.24, 2.45) is 0 Å². The van der Waals surface area contributed by atoms with Gasteiger partial charge in [0.05, 0.1) is 31.2 Å². The van der Waals surface area contributed by atoms with Gasteiger partial charge in [-0.1, -0.05) is 0 Å². The van der Waals surface area contributed by atoms with E-state index in [4.69, 9.17) is 9.84 Å². The van der Waals surface area contributed by atoms with Crippen LogP contribution in [-0.4, -0.2) is 84.2 Å². The van der Waals surface area contributed by atoms with E-state index in [0.717, 1.165) is 0 Å². The lowest BCUT2D eigenvalue weighted by Gasteiger charge is -2.46. The van der Waals surface area contributed by atoms with Crippen molar-refractivity contribution < 1.29 is 29.0 Å². The fraction of sp³-hybridized carbons (Fsp3) is 0.500. The summed E-state index contributed by atoms with van der Waals surface area (Å²) in [6.07, 6.45) is 1.72. The van der Waals surface area contributed by atoms with Gasteiger partial charge in [-0.05, 0) is 12.1 Å². The predicted molar refractivity (Wildman–Crippen MR) is 101 cm³/mol. The van der Waals surface area contributed by atoms with Crippen LogP contribution >= 0.6 is 0 Å². The number of anilines is 1. The monoisotopic (exact) mass is 405 g/mol. The Morgan fingerprint density at radius 1 is 1.28 bits per heavy atom. The summed E-state index contributed by atoms with van der Waals surface area (Å²) in [6, 6.07) is 3.10. The molecule has 1 aromatic rings. The smallest absolute Gasteiger partial charge is 0.324 e. The van der Waals surface area contributed by atoms with E-state index in [-0.39, 0.29) is 50.1 Å². The van der Waals surface area contributed by atoms with Crippen LogP contribution in [-0.2, 0) is 14.3 Å². The molecule has 2 saturated heterocycles. The number of imide groups is 1. The molecule has 156 valence electrons. The largest absolute Gasteiger partial charge is 0.481 e. The Hall–Kier alpha value is -3.21. The Bertz CT molecular complexity index is 777. The van der Waals surface area contributed by atoms with E-state index < -0.39 is 5.97 Å². The molecule has 3 rings (SSSR count). The zero-order valence-electron chi connectivity index (χ0n) is 15.8. The maximum absolute atomic E-state index is 12.1. The lowest BCUT2D eigenvalue weighted by atomic mass is 10.1. The third-order valence-electron chi connectivity index (χ3n) is 4.72. The average molecular weight is 405 g/mol. The lowest BCUT2D eigenvalue weighted by molar-refractivity contribution is -0.138. The molecular formula is C18H23N5O6. The second-order valence-corrected chi connectivity index (χ2v) is 6.77. The quantitative estimate of drug-likeness (QED) is 0.464. The summed E-state index contributed by atoms with van der Waals surface area (Å²) < 4.78 is 5.11. The minimum absolute atomic E-state index is 0.0361. The lowest BCUT2D eigenvalue weighted by Crippen LogP contribution is -2.65. The van der Waals surface area contributed by atoms with Crippen LogP contribution in [0.25, 0.3) is 0 Å². The first-order valence-electron chi connectivity index (χ1n) is 9.33. The van der Waals surface area contributed by atoms with Gasteiger partial charge in [0.25, 0.3) is 5.91 Å². The van der Waals surface area contributed by atoms with Crippen LogP contribution in [0, 0.1) is 0 Å². The maximum atomic E-state index is 12.1. The number of carboxylic acid groups (broad SMARTS) is 1. The van der Waals surface area contributed by atoms with Gasteiger partial charge in [0.2, 0.25) is 5.91 Å². The molecule has 0 radical (unpaired) electrons. The molecule has 1 aromatic heterocycles. The molecule has 2 aliphatic rings. The van der Waals surface area contributed by atoms with E-state index in [0.29, 0.717) is 37.4 Å². The van der Waals surface area contributed by atoms with Crippen molar-refractivity contribution in [3.8, 4) is 0 Å². The number of rotatable bonds is 9. The van der Waals surface area contributed by atoms with Crippen LogP contribution in [0.5, 0.6) is 0 Å². The molecular weight excluding hydrogens is 382 g/mol. The molecule has 3 heterocycles. The molecule has 0 aromatic carbocycles. The summed E-state index contributed by atoms with van der Waals surface area (Å²) >= 11 is 0. The highest BCUT2D eigenvalue weighted by molar-refractivity contribution is 5.97. The molecule has 11 nitrogen and oxygen atoms in total. The van der Waals surface area contributed by atoms with Crippen LogP contribution in [0.15, 0.2) is 18.3 Å². The molecule has 0 atom stereocenters. The van der Waals surface area contributed by atoms with Crippen molar-refractivity contribution in [3.63, 3.8) is 0 Å². The SMILES string of the molecule is O=C(O)CCOCCNC(=O)c1ccc(N2CC(N3CCC(=O)NC3=O)C2)nc1. The first-order chi connectivity index (χ1) is 13.9. The third kappa shape index (κ3) is 5.41. The molecule has 0 unspecified atom stereocenters. The van der Waals surface area contributed by atoms with Crippen molar-refractivity contribution in [2.75, 3.05) is 44.3 Å². The van der Waals surface area contributed by atoms with E-state index in [1.807, 2.05) is 4.90 Å². The molecule has 0 bridgehead atoms. The van der Waals surface area contributed by atoms with Gasteiger partial charge in [-0.15, -0.1) is 0 Å². The molecule has 0 spiro atoms. The van der Waals surface area contributed by atoms with Crippen LogP contribution < -0.4 is 15.5 Å². The number of carbonyl (C=O) groups excluding carboxylic acids is 3. The van der Waals surface area contributed by atoms with E-state index in [1.54, 1.807) is 17.0 Å². The highest BCUT2D eigenvalue weighted by Crippen LogP contribution is 2.23. The van der Waals surface area contributed by atoms with Crippen molar-refractivity contribution in [1.29, 1.82) is 0 Å². The van der Waals surface area contributed by atoms with Gasteiger partial charge in [0, 0.05) is 38.8 Å². The van der Waals surface area contributed by atoms with E-state index in [1.165, 1.54) is 6.20 Å². The average Bonchev–Trinajstić information content (AvgIpc) is 2.65. The second kappa shape index (κ2) is 9.32. The number of amides is 4. The van der Waals surface area contributed by atoms with Crippen LogP contribution in [0.4, 0.5) is 10.6 Å². The van der Waals surface area contributed by atoms with Gasteiger partial charge in [-0.3, -0.25) is 19.7 Å². The summed E-state index contributed by atoms with van der Waals surface area (Å²) in [4.78, 5) is 53.5. The minimum atomic E-state index is -0.928. The van der Waals surface area contributed by atoms with E-state index >= 15 is 0 Å². The number of carboxylic acids is 1. The number of carbonyl (C=O) groups is 4. The topological polar surface area (TPSA) is 141 Å². The van der Waals surface area contributed by atoms with Crippen LogP contribution in [0.3, 0.4) is 0 Å². The van der Waals surface area contributed by atoms with Gasteiger partial charge < -0.3 is 25.0 Å². The molecule has 0 aliphatic carbocycles. The number of nitrogens with zero attached hydrogens (tertiary/aromatic N) is 3. The number of hydrogen-bond acceptors (Lipinski definition) is 7. The van der Waals surface area contributed by atoms with E-state index in [9.17, 15) is 19.2 Å². The Morgan fingerprint density at radius 2 is 2.07 bits per heavy atom. The predicted octanol–water partition coefficient (Wildman–Crippen LogP) is -0.567. The van der Waals surface area contributed by atoms with Gasteiger partial charge in [-0.2, -0.15) is 0 Å². The number of pyridine rings is 1. The van der Waals surface area contributed by atoms with Crippen molar-refractivity contribution in [1.82, 2.24) is 20.5 Å². The van der Waals surface area contributed by atoms with Crippen molar-refractivity contribution >= 4 is 29.6 Å². The zero-order chi connectivity index (χ0) is 20.8. The van der Waals surface area contributed by atoms with Gasteiger partial charge >= 0.3 is 12.0 Å². The summed E-state index contributed by atoms with van der Waals surface area (Å²) in [5.74, 6) is -0.752. The summed E-state index contributed by atoms with van der Waals surface area (Å²) in [6.45, 7) is 2.27. The van der Waals surface area contributed by atoms with Gasteiger partial charge in [0.15, 0.2) is 0 Å². The maximum Gasteiger partial charge on any atom is 0.324 e. The number of aliphatic carboxylic acids is 1. The van der Waals surface area contributed by atoms with Crippen molar-refractivity contribution in [2.45, 2.75) is 18.9 Å². The molecule has 29 heavy (non-hydrogen) atoms. The van der Waals surface area contributed by atoms with E-state index in [2.05, 4.69) is 15.6 Å². The Kier molecular flexibility index (Phi) is 6.60. The molecule has 2 aliphatic heterocycles. The number of nitrogens with one attached hydrogen (secondary N) is 2. The number of aromatic nitrogens is 1. The highest BCUT2D eigenvalue weighted by atomic mass is 16.5. The highest BCUT2D eigenvalue weighted by Gasteiger charge is 2.37. The Morgan fingerprint density at radius 3 is 2.72 bits per heavy atom. The fourth-order valence-electron chi connectivity index (χ4n) is 3.07. The summed E-state index contributed by atoms with van der Waals surface area (Å²) in [5, 5.41) is 13.5. The summed E-state index contributed by atoms with van der Waals surface area (Å²) in [7, 11) is 0. The van der Waals surface area contributed by atoms with Crippen LogP contribution in [0.2, 0.25) is 0 Å². The summed E-state index contributed by atoms with van der Waals surface area (Å²) in [5.41, 5.74) is 0.408. The first kappa shape index (κ1) is 20.5. The number of urea groups is 1. The van der Waals surface area contributed by atoms with Gasteiger partial charge in [0.1, 0.15) is 5.82 Å². The molecule has 0 saturated carbocycles. The Labute approximate surface area is 167 Å². The van der Waals surface area contributed by atoms with Crippen molar-refractivity contribution in [3.05, 3.63) is 23.9 Å². The zero-order valence-corrected chi connectivity index (χ0v) is 15.8. The molecule has 4 amide bonds. The second-order valence-electron chi connectivity index (χ2n) is 6.77. The standard InChI is InChI=1S/C18H23N5O6/c24-15-3-6-23(18(28)21-15)13-10-22(11-13)14-2-1-12(9-20-14)17(27)19-5-8-29-7-4-16(25)26/h1-2,9,13H,3-8,10-11H2,(H,19,27)(H,25,26)(H,21,24,28). The fourth-order valence-corrected chi connectivity index (χ4v) is 3.07. The molecule has 11 heteroatoms.